The quantitative estimate of drug-likeness (QED) is 0.525. The molecule has 1 N–H and O–H groups in total. The lowest BCUT2D eigenvalue weighted by atomic mass is 10.1. The van der Waals surface area contributed by atoms with Crippen molar-refractivity contribution in [2.75, 3.05) is 5.32 Å². The molecule has 0 saturated carbocycles. The number of rotatable bonds is 5. The van der Waals surface area contributed by atoms with Gasteiger partial charge < -0.3 is 20.0 Å². The fourth-order valence-corrected chi connectivity index (χ4v) is 2.73. The van der Waals surface area contributed by atoms with Crippen LogP contribution in [0.1, 0.15) is 33.1 Å². The second kappa shape index (κ2) is 7.20. The van der Waals surface area contributed by atoms with E-state index in [4.69, 9.17) is 16.1 Å². The minimum atomic E-state index is -0.570. The average molecular weight is 390 g/mol. The number of halogens is 1. The molecule has 0 bridgehead atoms. The van der Waals surface area contributed by atoms with Crippen molar-refractivity contribution in [2.24, 2.45) is 0 Å². The van der Waals surface area contributed by atoms with Crippen molar-refractivity contribution in [1.82, 2.24) is 14.9 Å². The Kier molecular flexibility index (Phi) is 4.95. The van der Waals surface area contributed by atoms with Gasteiger partial charge in [0.05, 0.1) is 29.0 Å². The number of nitrogens with zero attached hydrogens (tertiary/aromatic N) is 4. The molecule has 140 valence electrons. The van der Waals surface area contributed by atoms with Crippen LogP contribution in [0.2, 0.25) is 5.02 Å². The van der Waals surface area contributed by atoms with Crippen LogP contribution < -0.4 is 5.32 Å². The summed E-state index contributed by atoms with van der Waals surface area (Å²) in [6.45, 7) is 5.31. The molecule has 0 aliphatic heterocycles. The summed E-state index contributed by atoms with van der Waals surface area (Å²) in [5.74, 6) is -0.297. The standard InChI is InChI=1S/C17H16ClN5O4/c1-9-4-5-12(18)7-14(9)19-17(24)16-13(11(3)27-21-16)8-22-10(2)6-15(20-22)23(25)26/h4-7H,8H2,1-3H3,(H,19,24). The molecule has 0 spiro atoms. The smallest absolute Gasteiger partial charge is 0.361 e. The highest BCUT2D eigenvalue weighted by Crippen LogP contribution is 2.23. The summed E-state index contributed by atoms with van der Waals surface area (Å²) in [5, 5.41) is 21.9. The van der Waals surface area contributed by atoms with Crippen LogP contribution in [0.15, 0.2) is 28.8 Å². The third-order valence-corrected chi connectivity index (χ3v) is 4.35. The minimum absolute atomic E-state index is 0.0874. The Morgan fingerprint density at radius 2 is 2.07 bits per heavy atom. The van der Waals surface area contributed by atoms with E-state index in [0.29, 0.717) is 27.7 Å². The van der Waals surface area contributed by atoms with Gasteiger partial charge in [0.1, 0.15) is 5.76 Å². The molecule has 0 aliphatic rings. The van der Waals surface area contributed by atoms with Crippen LogP contribution in [0.3, 0.4) is 0 Å². The third kappa shape index (κ3) is 3.82. The fourth-order valence-electron chi connectivity index (χ4n) is 2.56. The van der Waals surface area contributed by atoms with Crippen LogP contribution in [-0.2, 0) is 6.54 Å². The van der Waals surface area contributed by atoms with Crippen molar-refractivity contribution < 1.29 is 14.2 Å². The van der Waals surface area contributed by atoms with Gasteiger partial charge >= 0.3 is 5.82 Å². The zero-order valence-corrected chi connectivity index (χ0v) is 15.6. The molecule has 0 aliphatic carbocycles. The van der Waals surface area contributed by atoms with Gasteiger partial charge in [0, 0.05) is 10.7 Å². The molecular formula is C17H16ClN5O4. The van der Waals surface area contributed by atoms with Crippen molar-refractivity contribution in [3.63, 3.8) is 0 Å². The number of amides is 1. The van der Waals surface area contributed by atoms with Gasteiger partial charge in [-0.25, -0.2) is 0 Å². The van der Waals surface area contributed by atoms with Crippen LogP contribution in [0.5, 0.6) is 0 Å². The van der Waals surface area contributed by atoms with E-state index in [1.807, 2.05) is 6.92 Å². The van der Waals surface area contributed by atoms with Crippen LogP contribution in [0.25, 0.3) is 0 Å². The zero-order chi connectivity index (χ0) is 19.7. The summed E-state index contributed by atoms with van der Waals surface area (Å²) >= 11 is 5.98. The number of aryl methyl sites for hydroxylation is 3. The van der Waals surface area contributed by atoms with Gasteiger partial charge in [0.2, 0.25) is 0 Å². The van der Waals surface area contributed by atoms with Gasteiger partial charge in [-0.05, 0) is 43.4 Å². The Morgan fingerprint density at radius 1 is 1.33 bits per heavy atom. The summed E-state index contributed by atoms with van der Waals surface area (Å²) < 4.78 is 6.59. The molecule has 3 rings (SSSR count). The Morgan fingerprint density at radius 3 is 2.74 bits per heavy atom. The summed E-state index contributed by atoms with van der Waals surface area (Å²) in [6.07, 6.45) is 0. The molecule has 0 unspecified atom stereocenters. The number of nitro groups is 1. The van der Waals surface area contributed by atoms with Gasteiger partial charge in [-0.2, -0.15) is 4.68 Å². The lowest BCUT2D eigenvalue weighted by Gasteiger charge is -2.08. The summed E-state index contributed by atoms with van der Waals surface area (Å²) in [7, 11) is 0. The first-order valence-electron chi connectivity index (χ1n) is 7.97. The number of hydrogen-bond acceptors (Lipinski definition) is 6. The Hall–Kier alpha value is -3.20. The van der Waals surface area contributed by atoms with Gasteiger partial charge in [0.15, 0.2) is 5.69 Å². The lowest BCUT2D eigenvalue weighted by molar-refractivity contribution is -0.389. The molecule has 9 nitrogen and oxygen atoms in total. The van der Waals surface area contributed by atoms with E-state index >= 15 is 0 Å². The Balaban J connectivity index is 1.89. The molecule has 2 aromatic heterocycles. The van der Waals surface area contributed by atoms with Crippen molar-refractivity contribution in [2.45, 2.75) is 27.3 Å². The molecule has 0 radical (unpaired) electrons. The number of carbonyl (C=O) groups is 1. The van der Waals surface area contributed by atoms with E-state index in [-0.39, 0.29) is 18.1 Å². The predicted molar refractivity (Wildman–Crippen MR) is 98.1 cm³/mol. The van der Waals surface area contributed by atoms with Crippen LogP contribution >= 0.6 is 11.6 Å². The van der Waals surface area contributed by atoms with E-state index in [0.717, 1.165) is 5.56 Å². The topological polar surface area (TPSA) is 116 Å². The Labute approximate surface area is 159 Å². The SMILES string of the molecule is Cc1ccc(Cl)cc1NC(=O)c1noc(C)c1Cn1nc([N+](=O)[O-])cc1C. The number of carbonyl (C=O) groups excluding carboxylic acids is 1. The summed E-state index contributed by atoms with van der Waals surface area (Å²) in [6, 6.07) is 6.52. The number of anilines is 1. The average Bonchev–Trinajstić information content (AvgIpc) is 3.15. The third-order valence-electron chi connectivity index (χ3n) is 4.11. The van der Waals surface area contributed by atoms with Gasteiger partial charge in [0.25, 0.3) is 5.91 Å². The minimum Gasteiger partial charge on any atom is -0.361 e. The van der Waals surface area contributed by atoms with Crippen molar-refractivity contribution >= 4 is 29.0 Å². The van der Waals surface area contributed by atoms with E-state index in [9.17, 15) is 14.9 Å². The second-order valence-electron chi connectivity index (χ2n) is 6.04. The highest BCUT2D eigenvalue weighted by atomic mass is 35.5. The molecule has 0 fully saturated rings. The predicted octanol–water partition coefficient (Wildman–Crippen LogP) is 3.66. The maximum absolute atomic E-state index is 12.7. The number of aromatic nitrogens is 3. The molecule has 0 saturated heterocycles. The molecule has 27 heavy (non-hydrogen) atoms. The number of nitrogens with one attached hydrogen (secondary N) is 1. The van der Waals surface area contributed by atoms with Crippen LogP contribution in [0, 0.1) is 30.9 Å². The molecule has 1 amide bonds. The van der Waals surface area contributed by atoms with Gasteiger partial charge in [-0.3, -0.25) is 4.79 Å². The Bertz CT molecular complexity index is 1040. The largest absolute Gasteiger partial charge is 0.390 e. The number of benzene rings is 1. The maximum Gasteiger partial charge on any atom is 0.390 e. The monoisotopic (exact) mass is 389 g/mol. The van der Waals surface area contributed by atoms with E-state index < -0.39 is 10.8 Å². The first-order chi connectivity index (χ1) is 12.8. The maximum atomic E-state index is 12.7. The molecule has 2 heterocycles. The highest BCUT2D eigenvalue weighted by molar-refractivity contribution is 6.31. The lowest BCUT2D eigenvalue weighted by Crippen LogP contribution is -2.17. The van der Waals surface area contributed by atoms with Crippen molar-refractivity contribution in [3.8, 4) is 0 Å². The molecule has 10 heteroatoms. The first-order valence-corrected chi connectivity index (χ1v) is 8.35. The van der Waals surface area contributed by atoms with E-state index in [1.54, 1.807) is 32.0 Å². The first kappa shape index (κ1) is 18.6. The molecule has 1 aromatic carbocycles. The van der Waals surface area contributed by atoms with Crippen molar-refractivity contribution in [1.29, 1.82) is 0 Å². The summed E-state index contributed by atoms with van der Waals surface area (Å²) in [4.78, 5) is 23.0. The molecular weight excluding hydrogens is 374 g/mol. The fraction of sp³-hybridized carbons (Fsp3) is 0.235. The van der Waals surface area contributed by atoms with E-state index in [2.05, 4.69) is 15.6 Å². The van der Waals surface area contributed by atoms with E-state index in [1.165, 1.54) is 10.7 Å². The zero-order valence-electron chi connectivity index (χ0n) is 14.8. The number of hydrogen-bond donors (Lipinski definition) is 1. The highest BCUT2D eigenvalue weighted by Gasteiger charge is 2.24. The summed E-state index contributed by atoms with van der Waals surface area (Å²) in [5.41, 5.74) is 2.56. The van der Waals surface area contributed by atoms with Crippen LogP contribution in [0.4, 0.5) is 11.5 Å². The van der Waals surface area contributed by atoms with Crippen LogP contribution in [-0.4, -0.2) is 25.8 Å². The van der Waals surface area contributed by atoms with Gasteiger partial charge in [-0.15, -0.1) is 0 Å². The molecule has 0 atom stereocenters. The van der Waals surface area contributed by atoms with Crippen molar-refractivity contribution in [3.05, 3.63) is 67.7 Å². The second-order valence-corrected chi connectivity index (χ2v) is 6.47. The normalized spacial score (nSPS) is 10.8. The van der Waals surface area contributed by atoms with Gasteiger partial charge in [-0.1, -0.05) is 22.8 Å². The molecule has 3 aromatic rings.